The second-order valence-corrected chi connectivity index (χ2v) is 6.89. The van der Waals surface area contributed by atoms with Gasteiger partial charge in [0, 0.05) is 17.3 Å². The van der Waals surface area contributed by atoms with Gasteiger partial charge in [-0.15, -0.1) is 0 Å². The summed E-state index contributed by atoms with van der Waals surface area (Å²) >= 11 is 0. The van der Waals surface area contributed by atoms with Crippen LogP contribution in [0.15, 0.2) is 72.8 Å². The molecule has 0 bridgehead atoms. The highest BCUT2D eigenvalue weighted by molar-refractivity contribution is 6.01. The van der Waals surface area contributed by atoms with E-state index in [4.69, 9.17) is 14.2 Å². The van der Waals surface area contributed by atoms with E-state index >= 15 is 0 Å². The molecule has 7 heteroatoms. The third-order valence-corrected chi connectivity index (χ3v) is 4.83. The zero-order valence-electron chi connectivity index (χ0n) is 17.0. The second kappa shape index (κ2) is 9.21. The number of benzene rings is 3. The fourth-order valence-corrected chi connectivity index (χ4v) is 3.24. The largest absolute Gasteiger partial charge is 0.497 e. The number of carbonyl (C=O) groups is 2. The van der Waals surface area contributed by atoms with Crippen molar-refractivity contribution >= 4 is 17.5 Å². The van der Waals surface area contributed by atoms with Gasteiger partial charge in [-0.3, -0.25) is 9.59 Å². The predicted molar refractivity (Wildman–Crippen MR) is 116 cm³/mol. The van der Waals surface area contributed by atoms with E-state index in [-0.39, 0.29) is 11.8 Å². The van der Waals surface area contributed by atoms with Gasteiger partial charge in [0.15, 0.2) is 11.5 Å². The summed E-state index contributed by atoms with van der Waals surface area (Å²) < 4.78 is 16.2. The molecule has 0 saturated carbocycles. The first-order valence-corrected chi connectivity index (χ1v) is 9.84. The van der Waals surface area contributed by atoms with Gasteiger partial charge in [0.05, 0.1) is 7.11 Å². The van der Waals surface area contributed by atoms with Crippen molar-refractivity contribution in [2.45, 2.75) is 6.04 Å². The first kappa shape index (κ1) is 20.3. The van der Waals surface area contributed by atoms with Crippen LogP contribution in [0.2, 0.25) is 0 Å². The molecular formula is C24H22N2O5. The molecule has 0 fully saturated rings. The normalized spacial score (nSPS) is 13.1. The Morgan fingerprint density at radius 1 is 0.903 bits per heavy atom. The molecule has 31 heavy (non-hydrogen) atoms. The van der Waals surface area contributed by atoms with E-state index in [1.807, 2.05) is 18.2 Å². The minimum absolute atomic E-state index is 0.367. The highest BCUT2D eigenvalue weighted by atomic mass is 16.6. The summed E-state index contributed by atoms with van der Waals surface area (Å²) in [7, 11) is 1.56. The molecule has 158 valence electrons. The summed E-state index contributed by atoms with van der Waals surface area (Å²) in [6.45, 7) is 0.946. The van der Waals surface area contributed by atoms with Gasteiger partial charge in [-0.2, -0.15) is 0 Å². The van der Waals surface area contributed by atoms with E-state index in [0.29, 0.717) is 47.3 Å². The summed E-state index contributed by atoms with van der Waals surface area (Å²) in [5, 5.41) is 5.68. The SMILES string of the molecule is COc1ccc(C(=O)N[C@@H](C(=O)Nc2ccc3c(c2)OCCO3)c2ccccc2)cc1. The lowest BCUT2D eigenvalue weighted by Gasteiger charge is -2.21. The summed E-state index contributed by atoms with van der Waals surface area (Å²) in [4.78, 5) is 25.9. The molecule has 0 aromatic heterocycles. The summed E-state index contributed by atoms with van der Waals surface area (Å²) in [6.07, 6.45) is 0. The van der Waals surface area contributed by atoms with E-state index in [2.05, 4.69) is 10.6 Å². The smallest absolute Gasteiger partial charge is 0.252 e. The standard InChI is InChI=1S/C24H22N2O5/c1-29-19-10-7-17(8-11-19)23(27)26-22(16-5-3-2-4-6-16)24(28)25-18-9-12-20-21(15-18)31-14-13-30-20/h2-12,15,22H,13-14H2,1H3,(H,25,28)(H,26,27)/t22-/m1/s1. The van der Waals surface area contributed by atoms with Gasteiger partial charge in [0.1, 0.15) is 25.0 Å². The molecule has 7 nitrogen and oxygen atoms in total. The summed E-state index contributed by atoms with van der Waals surface area (Å²) in [5.74, 6) is 1.12. The van der Waals surface area contributed by atoms with Gasteiger partial charge >= 0.3 is 0 Å². The number of hydrogen-bond donors (Lipinski definition) is 2. The molecule has 2 N–H and O–H groups in total. The van der Waals surface area contributed by atoms with E-state index in [9.17, 15) is 9.59 Å². The molecule has 3 aromatic rings. The van der Waals surface area contributed by atoms with Crippen molar-refractivity contribution in [1.29, 1.82) is 0 Å². The van der Waals surface area contributed by atoms with Crippen molar-refractivity contribution in [3.8, 4) is 17.2 Å². The van der Waals surface area contributed by atoms with Gasteiger partial charge in [0.25, 0.3) is 11.8 Å². The maximum Gasteiger partial charge on any atom is 0.252 e. The van der Waals surface area contributed by atoms with Crippen LogP contribution < -0.4 is 24.8 Å². The Morgan fingerprint density at radius 3 is 2.32 bits per heavy atom. The predicted octanol–water partition coefficient (Wildman–Crippen LogP) is 3.58. The minimum Gasteiger partial charge on any atom is -0.497 e. The average molecular weight is 418 g/mol. The third kappa shape index (κ3) is 4.78. The second-order valence-electron chi connectivity index (χ2n) is 6.89. The van der Waals surface area contributed by atoms with Crippen molar-refractivity contribution in [2.24, 2.45) is 0 Å². The zero-order chi connectivity index (χ0) is 21.6. The van der Waals surface area contributed by atoms with Gasteiger partial charge in [0.2, 0.25) is 0 Å². The molecule has 0 radical (unpaired) electrons. The fraction of sp³-hybridized carbons (Fsp3) is 0.167. The number of anilines is 1. The molecule has 1 aliphatic rings. The lowest BCUT2D eigenvalue weighted by atomic mass is 10.0. The molecule has 3 aromatic carbocycles. The zero-order valence-corrected chi connectivity index (χ0v) is 17.0. The van der Waals surface area contributed by atoms with Crippen LogP contribution in [-0.4, -0.2) is 32.1 Å². The van der Waals surface area contributed by atoms with Crippen LogP contribution >= 0.6 is 0 Å². The molecule has 1 atom stereocenters. The lowest BCUT2D eigenvalue weighted by Crippen LogP contribution is -2.37. The molecule has 1 aliphatic heterocycles. The number of carbonyl (C=O) groups excluding carboxylic acids is 2. The molecule has 2 amide bonds. The van der Waals surface area contributed by atoms with Crippen LogP contribution in [0.4, 0.5) is 5.69 Å². The number of nitrogens with one attached hydrogen (secondary N) is 2. The van der Waals surface area contributed by atoms with Crippen LogP contribution in [0.3, 0.4) is 0 Å². The average Bonchev–Trinajstić information content (AvgIpc) is 2.83. The Bertz CT molecular complexity index is 1070. The number of fused-ring (bicyclic) bond motifs is 1. The molecule has 0 saturated heterocycles. The lowest BCUT2D eigenvalue weighted by molar-refractivity contribution is -0.118. The van der Waals surface area contributed by atoms with E-state index in [1.165, 1.54) is 0 Å². The van der Waals surface area contributed by atoms with Crippen molar-refractivity contribution in [3.63, 3.8) is 0 Å². The molecule has 0 unspecified atom stereocenters. The number of hydrogen-bond acceptors (Lipinski definition) is 5. The van der Waals surface area contributed by atoms with Gasteiger partial charge < -0.3 is 24.8 Å². The number of amides is 2. The first-order chi connectivity index (χ1) is 15.1. The van der Waals surface area contributed by atoms with Crippen LogP contribution in [0.5, 0.6) is 17.2 Å². The van der Waals surface area contributed by atoms with E-state index < -0.39 is 6.04 Å². The molecule has 0 spiro atoms. The number of methoxy groups -OCH3 is 1. The van der Waals surface area contributed by atoms with E-state index in [0.717, 1.165) is 0 Å². The van der Waals surface area contributed by atoms with Crippen molar-refractivity contribution in [1.82, 2.24) is 5.32 Å². The number of rotatable bonds is 6. The highest BCUT2D eigenvalue weighted by Gasteiger charge is 2.24. The quantitative estimate of drug-likeness (QED) is 0.639. The van der Waals surface area contributed by atoms with Crippen LogP contribution in [0.1, 0.15) is 22.0 Å². The maximum absolute atomic E-state index is 13.1. The van der Waals surface area contributed by atoms with Crippen LogP contribution in [0, 0.1) is 0 Å². The Labute approximate surface area is 179 Å². The Kier molecular flexibility index (Phi) is 6.03. The van der Waals surface area contributed by atoms with E-state index in [1.54, 1.807) is 61.7 Å². The molecule has 0 aliphatic carbocycles. The van der Waals surface area contributed by atoms with Gasteiger partial charge in [-0.1, -0.05) is 30.3 Å². The van der Waals surface area contributed by atoms with Gasteiger partial charge in [-0.25, -0.2) is 0 Å². The minimum atomic E-state index is -0.885. The number of ether oxygens (including phenoxy) is 3. The summed E-state index contributed by atoms with van der Waals surface area (Å²) in [5.41, 5.74) is 1.64. The Morgan fingerprint density at radius 2 is 1.61 bits per heavy atom. The summed E-state index contributed by atoms with van der Waals surface area (Å²) in [6, 6.07) is 20.1. The third-order valence-electron chi connectivity index (χ3n) is 4.83. The fourth-order valence-electron chi connectivity index (χ4n) is 3.24. The molecular weight excluding hydrogens is 396 g/mol. The Balaban J connectivity index is 1.54. The van der Waals surface area contributed by atoms with Crippen molar-refractivity contribution in [3.05, 3.63) is 83.9 Å². The van der Waals surface area contributed by atoms with Crippen LogP contribution in [0.25, 0.3) is 0 Å². The maximum atomic E-state index is 13.1. The molecule has 4 rings (SSSR count). The van der Waals surface area contributed by atoms with Crippen molar-refractivity contribution < 1.29 is 23.8 Å². The Hall–Kier alpha value is -4.00. The first-order valence-electron chi connectivity index (χ1n) is 9.84. The monoisotopic (exact) mass is 418 g/mol. The van der Waals surface area contributed by atoms with Crippen molar-refractivity contribution in [2.75, 3.05) is 25.6 Å². The van der Waals surface area contributed by atoms with Crippen LogP contribution in [-0.2, 0) is 4.79 Å². The van der Waals surface area contributed by atoms with Gasteiger partial charge in [-0.05, 0) is 42.0 Å². The topological polar surface area (TPSA) is 85.9 Å². The molecule has 1 heterocycles. The highest BCUT2D eigenvalue weighted by Crippen LogP contribution is 2.33.